The molecule has 0 heterocycles. The smallest absolute Gasteiger partial charge is 0.127 e. The highest BCUT2D eigenvalue weighted by Crippen LogP contribution is 2.50. The standard InChI is InChI=1S/C17H19NO/c1-13(18)17(10-11-17)14-6-5-9-16(12-14)19-15-7-3-2-4-8-15/h2-9,12-13H,10-11,18H2,1H3. The quantitative estimate of drug-likeness (QED) is 0.898. The lowest BCUT2D eigenvalue weighted by molar-refractivity contribution is 0.478. The molecule has 19 heavy (non-hydrogen) atoms. The SMILES string of the molecule is CC(N)C1(c2cccc(Oc3ccccc3)c2)CC1. The molecule has 2 aromatic carbocycles. The third-order valence-corrected chi connectivity index (χ3v) is 4.05. The zero-order valence-corrected chi connectivity index (χ0v) is 11.2. The van der Waals surface area contributed by atoms with Crippen molar-refractivity contribution in [2.45, 2.75) is 31.2 Å². The van der Waals surface area contributed by atoms with Gasteiger partial charge in [0.25, 0.3) is 0 Å². The monoisotopic (exact) mass is 253 g/mol. The van der Waals surface area contributed by atoms with E-state index in [0.29, 0.717) is 0 Å². The number of hydrogen-bond donors (Lipinski definition) is 1. The van der Waals surface area contributed by atoms with Gasteiger partial charge in [-0.15, -0.1) is 0 Å². The highest BCUT2D eigenvalue weighted by atomic mass is 16.5. The normalized spacial score (nSPS) is 17.8. The van der Waals surface area contributed by atoms with Crippen LogP contribution in [0.2, 0.25) is 0 Å². The number of ether oxygens (including phenoxy) is 1. The van der Waals surface area contributed by atoms with Gasteiger partial charge < -0.3 is 10.5 Å². The molecular formula is C17H19NO. The van der Waals surface area contributed by atoms with Gasteiger partial charge in [0.15, 0.2) is 0 Å². The maximum Gasteiger partial charge on any atom is 0.127 e. The highest BCUT2D eigenvalue weighted by molar-refractivity contribution is 5.40. The van der Waals surface area contributed by atoms with Gasteiger partial charge in [0, 0.05) is 11.5 Å². The minimum absolute atomic E-state index is 0.177. The summed E-state index contributed by atoms with van der Waals surface area (Å²) in [5.74, 6) is 1.75. The zero-order valence-electron chi connectivity index (χ0n) is 11.2. The maximum absolute atomic E-state index is 6.13. The summed E-state index contributed by atoms with van der Waals surface area (Å²) in [5, 5.41) is 0. The minimum Gasteiger partial charge on any atom is -0.457 e. The largest absolute Gasteiger partial charge is 0.457 e. The van der Waals surface area contributed by atoms with Crippen molar-refractivity contribution in [3.63, 3.8) is 0 Å². The average molecular weight is 253 g/mol. The van der Waals surface area contributed by atoms with E-state index in [-0.39, 0.29) is 11.5 Å². The van der Waals surface area contributed by atoms with Crippen LogP contribution in [0.3, 0.4) is 0 Å². The molecular weight excluding hydrogens is 234 g/mol. The van der Waals surface area contributed by atoms with Crippen LogP contribution in [0, 0.1) is 0 Å². The van der Waals surface area contributed by atoms with E-state index in [4.69, 9.17) is 10.5 Å². The molecule has 0 aromatic heterocycles. The van der Waals surface area contributed by atoms with Gasteiger partial charge in [-0.2, -0.15) is 0 Å². The van der Waals surface area contributed by atoms with Crippen molar-refractivity contribution in [2.75, 3.05) is 0 Å². The van der Waals surface area contributed by atoms with Crippen molar-refractivity contribution in [3.8, 4) is 11.5 Å². The van der Waals surface area contributed by atoms with Crippen molar-refractivity contribution in [1.29, 1.82) is 0 Å². The van der Waals surface area contributed by atoms with Crippen molar-refractivity contribution in [3.05, 3.63) is 60.2 Å². The fourth-order valence-electron chi connectivity index (χ4n) is 2.64. The summed E-state index contributed by atoms with van der Waals surface area (Å²) in [5.41, 5.74) is 7.60. The topological polar surface area (TPSA) is 35.2 Å². The molecule has 1 aliphatic rings. The Morgan fingerprint density at radius 2 is 1.68 bits per heavy atom. The Kier molecular flexibility index (Phi) is 3.03. The van der Waals surface area contributed by atoms with E-state index in [1.54, 1.807) is 0 Å². The molecule has 2 nitrogen and oxygen atoms in total. The van der Waals surface area contributed by atoms with Crippen LogP contribution in [-0.4, -0.2) is 6.04 Å². The fourth-order valence-corrected chi connectivity index (χ4v) is 2.64. The molecule has 0 amide bonds. The Morgan fingerprint density at radius 3 is 2.32 bits per heavy atom. The van der Waals surface area contributed by atoms with E-state index in [1.165, 1.54) is 18.4 Å². The van der Waals surface area contributed by atoms with Gasteiger partial charge in [-0.3, -0.25) is 0 Å². The number of rotatable bonds is 4. The summed E-state index contributed by atoms with van der Waals surface area (Å²) in [6, 6.07) is 18.4. The number of benzene rings is 2. The van der Waals surface area contributed by atoms with Gasteiger partial charge in [0.2, 0.25) is 0 Å². The number of nitrogens with two attached hydrogens (primary N) is 1. The van der Waals surface area contributed by atoms with Gasteiger partial charge >= 0.3 is 0 Å². The molecule has 2 N–H and O–H groups in total. The lowest BCUT2D eigenvalue weighted by Crippen LogP contribution is -2.31. The molecule has 2 aromatic rings. The van der Waals surface area contributed by atoms with Crippen LogP contribution in [0.1, 0.15) is 25.3 Å². The lowest BCUT2D eigenvalue weighted by Gasteiger charge is -2.20. The summed E-state index contributed by atoms with van der Waals surface area (Å²) in [4.78, 5) is 0. The lowest BCUT2D eigenvalue weighted by atomic mass is 9.89. The molecule has 0 radical (unpaired) electrons. The predicted molar refractivity (Wildman–Crippen MR) is 77.5 cm³/mol. The van der Waals surface area contributed by atoms with Gasteiger partial charge in [-0.05, 0) is 49.6 Å². The van der Waals surface area contributed by atoms with E-state index in [0.717, 1.165) is 11.5 Å². The van der Waals surface area contributed by atoms with Crippen molar-refractivity contribution in [2.24, 2.45) is 5.73 Å². The third kappa shape index (κ3) is 2.36. The Bertz CT molecular complexity index is 558. The predicted octanol–water partition coefficient (Wildman–Crippen LogP) is 3.86. The maximum atomic E-state index is 6.13. The van der Waals surface area contributed by atoms with Crippen molar-refractivity contribution < 1.29 is 4.74 Å². The highest BCUT2D eigenvalue weighted by Gasteiger charge is 2.47. The second-order valence-electron chi connectivity index (χ2n) is 5.39. The second-order valence-corrected chi connectivity index (χ2v) is 5.39. The fraction of sp³-hybridized carbons (Fsp3) is 0.294. The molecule has 0 aliphatic heterocycles. The molecule has 2 heteroatoms. The second kappa shape index (κ2) is 4.71. The molecule has 3 rings (SSSR count). The molecule has 1 aliphatic carbocycles. The molecule has 1 unspecified atom stereocenters. The first kappa shape index (κ1) is 12.2. The van der Waals surface area contributed by atoms with Gasteiger partial charge in [0.1, 0.15) is 11.5 Å². The first-order valence-corrected chi connectivity index (χ1v) is 6.80. The Hall–Kier alpha value is -1.80. The van der Waals surface area contributed by atoms with Gasteiger partial charge in [-0.25, -0.2) is 0 Å². The first-order valence-electron chi connectivity index (χ1n) is 6.80. The van der Waals surface area contributed by atoms with E-state index in [9.17, 15) is 0 Å². The van der Waals surface area contributed by atoms with E-state index >= 15 is 0 Å². The molecule has 0 saturated heterocycles. The van der Waals surface area contributed by atoms with Gasteiger partial charge in [0.05, 0.1) is 0 Å². The molecule has 0 spiro atoms. The summed E-state index contributed by atoms with van der Waals surface area (Å²) < 4.78 is 5.88. The molecule has 1 fully saturated rings. The van der Waals surface area contributed by atoms with E-state index < -0.39 is 0 Å². The summed E-state index contributed by atoms with van der Waals surface area (Å²) in [7, 11) is 0. The van der Waals surface area contributed by atoms with Crippen LogP contribution in [0.25, 0.3) is 0 Å². The van der Waals surface area contributed by atoms with Crippen LogP contribution < -0.4 is 10.5 Å². The third-order valence-electron chi connectivity index (χ3n) is 4.05. The summed E-state index contributed by atoms with van der Waals surface area (Å²) >= 11 is 0. The molecule has 1 atom stereocenters. The minimum atomic E-state index is 0.177. The molecule has 98 valence electrons. The summed E-state index contributed by atoms with van der Waals surface area (Å²) in [6.45, 7) is 2.09. The Balaban J connectivity index is 1.85. The zero-order chi connectivity index (χ0) is 13.3. The van der Waals surface area contributed by atoms with Crippen molar-refractivity contribution >= 4 is 0 Å². The number of hydrogen-bond acceptors (Lipinski definition) is 2. The average Bonchev–Trinajstić information content (AvgIpc) is 3.22. The Labute approximate surface area is 114 Å². The molecule has 1 saturated carbocycles. The van der Waals surface area contributed by atoms with Crippen LogP contribution in [-0.2, 0) is 5.41 Å². The molecule has 0 bridgehead atoms. The van der Waals surface area contributed by atoms with E-state index in [2.05, 4.69) is 25.1 Å². The van der Waals surface area contributed by atoms with Crippen LogP contribution in [0.4, 0.5) is 0 Å². The van der Waals surface area contributed by atoms with Crippen LogP contribution in [0.5, 0.6) is 11.5 Å². The van der Waals surface area contributed by atoms with Crippen molar-refractivity contribution in [1.82, 2.24) is 0 Å². The first-order chi connectivity index (χ1) is 9.21. The van der Waals surface area contributed by atoms with E-state index in [1.807, 2.05) is 36.4 Å². The van der Waals surface area contributed by atoms with Gasteiger partial charge in [-0.1, -0.05) is 30.3 Å². The number of para-hydroxylation sites is 1. The van der Waals surface area contributed by atoms with Crippen LogP contribution in [0.15, 0.2) is 54.6 Å². The van der Waals surface area contributed by atoms with Crippen LogP contribution >= 0.6 is 0 Å². The summed E-state index contributed by atoms with van der Waals surface area (Å²) in [6.07, 6.45) is 2.36. The Morgan fingerprint density at radius 1 is 1.00 bits per heavy atom.